The number of aromatic hydroxyl groups is 1. The third-order valence-corrected chi connectivity index (χ3v) is 4.48. The zero-order chi connectivity index (χ0) is 15.4. The van der Waals surface area contributed by atoms with Gasteiger partial charge in [0, 0.05) is 8.95 Å². The highest BCUT2D eigenvalue weighted by Crippen LogP contribution is 2.25. The van der Waals surface area contributed by atoms with Crippen molar-refractivity contribution in [2.24, 2.45) is 5.10 Å². The van der Waals surface area contributed by atoms with Gasteiger partial charge < -0.3 is 5.11 Å². The molecule has 0 aliphatic heterocycles. The molecule has 0 fully saturated rings. The van der Waals surface area contributed by atoms with E-state index in [2.05, 4.69) is 42.4 Å². The smallest absolute Gasteiger partial charge is 0.275 e. The number of hydrogen-bond acceptors (Lipinski definition) is 3. The molecule has 0 saturated carbocycles. The van der Waals surface area contributed by atoms with Crippen LogP contribution in [0.25, 0.3) is 0 Å². The van der Waals surface area contributed by atoms with E-state index in [0.717, 1.165) is 20.1 Å². The highest BCUT2D eigenvalue weighted by atomic mass is 79.9. The SMILES string of the molecule is Cc1c(Br)cc(/C=N\NC(=O)c2ccccc2O)cc1Br. The highest BCUT2D eigenvalue weighted by Gasteiger charge is 2.08. The van der Waals surface area contributed by atoms with Gasteiger partial charge in [-0.1, -0.05) is 44.0 Å². The molecule has 4 nitrogen and oxygen atoms in total. The quantitative estimate of drug-likeness (QED) is 0.592. The topological polar surface area (TPSA) is 61.7 Å². The highest BCUT2D eigenvalue weighted by molar-refractivity contribution is 9.11. The van der Waals surface area contributed by atoms with E-state index in [1.165, 1.54) is 18.3 Å². The molecule has 0 radical (unpaired) electrons. The summed E-state index contributed by atoms with van der Waals surface area (Å²) in [6.45, 7) is 1.98. The summed E-state index contributed by atoms with van der Waals surface area (Å²) in [5, 5.41) is 13.5. The average molecular weight is 412 g/mol. The first-order chi connectivity index (χ1) is 9.99. The van der Waals surface area contributed by atoms with Gasteiger partial charge in [-0.25, -0.2) is 5.43 Å². The Morgan fingerprint density at radius 2 is 1.86 bits per heavy atom. The summed E-state index contributed by atoms with van der Waals surface area (Å²) in [6, 6.07) is 10.1. The maximum Gasteiger partial charge on any atom is 0.275 e. The van der Waals surface area contributed by atoms with Crippen molar-refractivity contribution in [1.82, 2.24) is 5.43 Å². The summed E-state index contributed by atoms with van der Waals surface area (Å²) in [6.07, 6.45) is 1.53. The molecule has 21 heavy (non-hydrogen) atoms. The molecule has 2 rings (SSSR count). The first-order valence-electron chi connectivity index (χ1n) is 6.06. The van der Waals surface area contributed by atoms with Crippen LogP contribution in [0.2, 0.25) is 0 Å². The fourth-order valence-corrected chi connectivity index (χ4v) is 2.85. The molecule has 2 aromatic carbocycles. The molecule has 0 aliphatic carbocycles. The van der Waals surface area contributed by atoms with Crippen LogP contribution < -0.4 is 5.43 Å². The minimum absolute atomic E-state index is 0.0778. The molecule has 108 valence electrons. The van der Waals surface area contributed by atoms with Crippen molar-refractivity contribution in [1.29, 1.82) is 0 Å². The molecule has 0 heterocycles. The van der Waals surface area contributed by atoms with E-state index in [0.29, 0.717) is 0 Å². The van der Waals surface area contributed by atoms with Crippen LogP contribution in [-0.2, 0) is 0 Å². The monoisotopic (exact) mass is 410 g/mol. The Hall–Kier alpha value is -1.66. The van der Waals surface area contributed by atoms with Gasteiger partial charge in [0.2, 0.25) is 0 Å². The Morgan fingerprint density at radius 1 is 1.24 bits per heavy atom. The zero-order valence-electron chi connectivity index (χ0n) is 11.1. The Labute approximate surface area is 139 Å². The lowest BCUT2D eigenvalue weighted by Crippen LogP contribution is -2.17. The Bertz CT molecular complexity index is 692. The first kappa shape index (κ1) is 15.7. The molecule has 1 amide bonds. The maximum absolute atomic E-state index is 11.8. The van der Waals surface area contributed by atoms with Crippen molar-refractivity contribution >= 4 is 44.0 Å². The fourth-order valence-electron chi connectivity index (χ4n) is 1.63. The molecule has 0 spiro atoms. The molecule has 2 aromatic rings. The number of amides is 1. The summed E-state index contributed by atoms with van der Waals surface area (Å²) < 4.78 is 1.90. The number of nitrogens with zero attached hydrogens (tertiary/aromatic N) is 1. The number of carbonyl (C=O) groups is 1. The van der Waals surface area contributed by atoms with E-state index < -0.39 is 5.91 Å². The fraction of sp³-hybridized carbons (Fsp3) is 0.0667. The number of carbonyl (C=O) groups excluding carboxylic acids is 1. The summed E-state index contributed by atoms with van der Waals surface area (Å²) in [4.78, 5) is 11.8. The molecular weight excluding hydrogens is 400 g/mol. The van der Waals surface area contributed by atoms with Crippen LogP contribution in [0.3, 0.4) is 0 Å². The second kappa shape index (κ2) is 6.87. The van der Waals surface area contributed by atoms with E-state index >= 15 is 0 Å². The standard InChI is InChI=1S/C15H12Br2N2O2/c1-9-12(16)6-10(7-13(9)17)8-18-19-15(21)11-4-2-3-5-14(11)20/h2-8,20H,1H3,(H,19,21)/b18-8-. The predicted molar refractivity (Wildman–Crippen MR) is 89.7 cm³/mol. The van der Waals surface area contributed by atoms with E-state index in [1.807, 2.05) is 19.1 Å². The average Bonchev–Trinajstić information content (AvgIpc) is 2.45. The molecule has 0 bridgehead atoms. The van der Waals surface area contributed by atoms with Crippen LogP contribution in [0.15, 0.2) is 50.4 Å². The molecular formula is C15H12Br2N2O2. The molecule has 2 N–H and O–H groups in total. The van der Waals surface area contributed by atoms with Crippen LogP contribution in [0.5, 0.6) is 5.75 Å². The van der Waals surface area contributed by atoms with Crippen LogP contribution in [0.4, 0.5) is 0 Å². The molecule has 0 aromatic heterocycles. The third kappa shape index (κ3) is 3.92. The second-order valence-electron chi connectivity index (χ2n) is 4.33. The minimum Gasteiger partial charge on any atom is -0.507 e. The van der Waals surface area contributed by atoms with Crippen molar-refractivity contribution in [2.45, 2.75) is 6.92 Å². The van der Waals surface area contributed by atoms with Gasteiger partial charge in [-0.3, -0.25) is 4.79 Å². The lowest BCUT2D eigenvalue weighted by atomic mass is 10.2. The van der Waals surface area contributed by atoms with Crippen molar-refractivity contribution in [2.75, 3.05) is 0 Å². The number of phenols is 1. The van der Waals surface area contributed by atoms with Crippen molar-refractivity contribution in [3.63, 3.8) is 0 Å². The van der Waals surface area contributed by atoms with Gasteiger partial charge in [-0.2, -0.15) is 5.10 Å². The largest absolute Gasteiger partial charge is 0.507 e. The minimum atomic E-state index is -0.463. The normalized spacial score (nSPS) is 10.8. The molecule has 0 atom stereocenters. The van der Waals surface area contributed by atoms with Crippen LogP contribution in [-0.4, -0.2) is 17.2 Å². The van der Waals surface area contributed by atoms with Crippen molar-refractivity contribution in [3.05, 3.63) is 62.0 Å². The van der Waals surface area contributed by atoms with Crippen LogP contribution in [0.1, 0.15) is 21.5 Å². The first-order valence-corrected chi connectivity index (χ1v) is 7.64. The Kier molecular flexibility index (Phi) is 5.14. The zero-order valence-corrected chi connectivity index (χ0v) is 14.3. The van der Waals surface area contributed by atoms with E-state index in [4.69, 9.17) is 0 Å². The molecule has 0 saturated heterocycles. The molecule has 0 aliphatic rings. The van der Waals surface area contributed by atoms with E-state index in [9.17, 15) is 9.90 Å². The Morgan fingerprint density at radius 3 is 2.48 bits per heavy atom. The number of hydrazone groups is 1. The number of nitrogens with one attached hydrogen (secondary N) is 1. The number of rotatable bonds is 3. The van der Waals surface area contributed by atoms with Crippen molar-refractivity contribution < 1.29 is 9.90 Å². The lowest BCUT2D eigenvalue weighted by molar-refractivity contribution is 0.0952. The number of para-hydroxylation sites is 1. The van der Waals surface area contributed by atoms with Crippen LogP contribution in [0, 0.1) is 6.92 Å². The van der Waals surface area contributed by atoms with Gasteiger partial charge in [-0.15, -0.1) is 0 Å². The van der Waals surface area contributed by atoms with Crippen LogP contribution >= 0.6 is 31.9 Å². The van der Waals surface area contributed by atoms with Gasteiger partial charge >= 0.3 is 0 Å². The van der Waals surface area contributed by atoms with Gasteiger partial charge in [0.15, 0.2) is 0 Å². The third-order valence-electron chi connectivity index (χ3n) is 2.83. The van der Waals surface area contributed by atoms with Gasteiger partial charge in [0.1, 0.15) is 5.75 Å². The predicted octanol–water partition coefficient (Wildman–Crippen LogP) is 3.99. The maximum atomic E-state index is 11.8. The lowest BCUT2D eigenvalue weighted by Gasteiger charge is -2.04. The van der Waals surface area contributed by atoms with Gasteiger partial charge in [-0.05, 0) is 42.3 Å². The second-order valence-corrected chi connectivity index (χ2v) is 6.03. The van der Waals surface area contributed by atoms with E-state index in [-0.39, 0.29) is 11.3 Å². The summed E-state index contributed by atoms with van der Waals surface area (Å²) in [5.41, 5.74) is 4.48. The summed E-state index contributed by atoms with van der Waals surface area (Å²) in [5.74, 6) is -0.541. The Balaban J connectivity index is 2.10. The number of halogens is 2. The number of phenolic OH excluding ortho intramolecular Hbond substituents is 1. The number of hydrogen-bond donors (Lipinski definition) is 2. The molecule has 6 heteroatoms. The summed E-state index contributed by atoms with van der Waals surface area (Å²) >= 11 is 6.90. The van der Waals surface area contributed by atoms with Gasteiger partial charge in [0.05, 0.1) is 11.8 Å². The van der Waals surface area contributed by atoms with Gasteiger partial charge in [0.25, 0.3) is 5.91 Å². The van der Waals surface area contributed by atoms with Crippen molar-refractivity contribution in [3.8, 4) is 5.75 Å². The summed E-state index contributed by atoms with van der Waals surface area (Å²) in [7, 11) is 0. The number of benzene rings is 2. The molecule has 0 unspecified atom stereocenters. The van der Waals surface area contributed by atoms with E-state index in [1.54, 1.807) is 12.1 Å².